The van der Waals surface area contributed by atoms with E-state index in [2.05, 4.69) is 10.6 Å². The largest absolute Gasteiger partial charge is 0.459 e. The quantitative estimate of drug-likeness (QED) is 0.888. The maximum Gasteiger partial charge on any atom is 0.220 e. The molecule has 2 unspecified atom stereocenters. The molecule has 4 heteroatoms. The predicted molar refractivity (Wildman–Crippen MR) is 83.0 cm³/mol. The second-order valence-corrected chi connectivity index (χ2v) is 5.87. The SMILES string of the molecule is CC(NC(=O)CCC1CCNC1)c1cc2ccccc2o1. The molecule has 4 nitrogen and oxygen atoms in total. The third kappa shape index (κ3) is 3.45. The number of nitrogens with one attached hydrogen (secondary N) is 2. The van der Waals surface area contributed by atoms with Crippen molar-refractivity contribution in [2.24, 2.45) is 5.92 Å². The number of benzene rings is 1. The summed E-state index contributed by atoms with van der Waals surface area (Å²) in [5.74, 6) is 1.57. The van der Waals surface area contributed by atoms with E-state index in [1.807, 2.05) is 37.3 Å². The summed E-state index contributed by atoms with van der Waals surface area (Å²) < 4.78 is 5.78. The molecule has 112 valence electrons. The Morgan fingerprint density at radius 1 is 1.48 bits per heavy atom. The van der Waals surface area contributed by atoms with E-state index in [1.165, 1.54) is 6.42 Å². The van der Waals surface area contributed by atoms with Crippen LogP contribution in [0.2, 0.25) is 0 Å². The van der Waals surface area contributed by atoms with E-state index in [4.69, 9.17) is 4.42 Å². The number of hydrogen-bond donors (Lipinski definition) is 2. The van der Waals surface area contributed by atoms with E-state index in [1.54, 1.807) is 0 Å². The van der Waals surface area contributed by atoms with E-state index < -0.39 is 0 Å². The van der Waals surface area contributed by atoms with Crippen LogP contribution in [0.25, 0.3) is 11.0 Å². The highest BCUT2D eigenvalue weighted by Gasteiger charge is 2.18. The second kappa shape index (κ2) is 6.31. The minimum Gasteiger partial charge on any atom is -0.459 e. The van der Waals surface area contributed by atoms with Crippen LogP contribution in [0.15, 0.2) is 34.7 Å². The number of para-hydroxylation sites is 1. The number of carbonyl (C=O) groups excluding carboxylic acids is 1. The van der Waals surface area contributed by atoms with Gasteiger partial charge in [-0.3, -0.25) is 4.79 Å². The molecule has 1 aliphatic heterocycles. The highest BCUT2D eigenvalue weighted by molar-refractivity contribution is 5.79. The highest BCUT2D eigenvalue weighted by Crippen LogP contribution is 2.23. The lowest BCUT2D eigenvalue weighted by Crippen LogP contribution is -2.26. The van der Waals surface area contributed by atoms with Crippen molar-refractivity contribution in [1.29, 1.82) is 0 Å². The summed E-state index contributed by atoms with van der Waals surface area (Å²) in [6.45, 7) is 4.10. The third-order valence-electron chi connectivity index (χ3n) is 4.19. The summed E-state index contributed by atoms with van der Waals surface area (Å²) in [4.78, 5) is 12.0. The molecule has 1 aliphatic rings. The van der Waals surface area contributed by atoms with Gasteiger partial charge in [0.1, 0.15) is 11.3 Å². The molecule has 1 fully saturated rings. The molecule has 0 bridgehead atoms. The van der Waals surface area contributed by atoms with Crippen LogP contribution < -0.4 is 10.6 Å². The lowest BCUT2D eigenvalue weighted by atomic mass is 10.0. The summed E-state index contributed by atoms with van der Waals surface area (Å²) >= 11 is 0. The van der Waals surface area contributed by atoms with Crippen molar-refractivity contribution in [1.82, 2.24) is 10.6 Å². The van der Waals surface area contributed by atoms with Gasteiger partial charge in [0, 0.05) is 11.8 Å². The Morgan fingerprint density at radius 2 is 2.33 bits per heavy atom. The van der Waals surface area contributed by atoms with E-state index in [-0.39, 0.29) is 11.9 Å². The Kier molecular flexibility index (Phi) is 4.25. The molecule has 1 amide bonds. The number of fused-ring (bicyclic) bond motifs is 1. The molecule has 0 saturated carbocycles. The summed E-state index contributed by atoms with van der Waals surface area (Å²) in [6.07, 6.45) is 2.75. The second-order valence-electron chi connectivity index (χ2n) is 5.87. The third-order valence-corrected chi connectivity index (χ3v) is 4.19. The first-order valence-electron chi connectivity index (χ1n) is 7.71. The molecule has 1 aromatic heterocycles. The van der Waals surface area contributed by atoms with Crippen molar-refractivity contribution < 1.29 is 9.21 Å². The van der Waals surface area contributed by atoms with Gasteiger partial charge in [0.25, 0.3) is 0 Å². The van der Waals surface area contributed by atoms with Gasteiger partial charge in [-0.05, 0) is 50.9 Å². The first-order chi connectivity index (χ1) is 10.2. The van der Waals surface area contributed by atoms with Crippen molar-refractivity contribution in [2.75, 3.05) is 13.1 Å². The standard InChI is InChI=1S/C17H22N2O2/c1-12(16-10-14-4-2-3-5-15(14)21-16)19-17(20)7-6-13-8-9-18-11-13/h2-5,10,12-13,18H,6-9,11H2,1H3,(H,19,20). The van der Waals surface area contributed by atoms with Gasteiger partial charge in [-0.15, -0.1) is 0 Å². The summed E-state index contributed by atoms with van der Waals surface area (Å²) in [6, 6.07) is 9.81. The minimum absolute atomic E-state index is 0.0911. The van der Waals surface area contributed by atoms with E-state index >= 15 is 0 Å². The smallest absolute Gasteiger partial charge is 0.220 e. The summed E-state index contributed by atoms with van der Waals surface area (Å²) in [5.41, 5.74) is 0.866. The van der Waals surface area contributed by atoms with E-state index in [0.717, 1.165) is 36.2 Å². The Labute approximate surface area is 124 Å². The predicted octanol–water partition coefficient (Wildman–Crippen LogP) is 3.00. The Hall–Kier alpha value is -1.81. The molecule has 2 atom stereocenters. The normalized spacial score (nSPS) is 19.8. The molecular weight excluding hydrogens is 264 g/mol. The average Bonchev–Trinajstić information content (AvgIpc) is 3.14. The van der Waals surface area contributed by atoms with Crippen LogP contribution in [-0.4, -0.2) is 19.0 Å². The molecular formula is C17H22N2O2. The summed E-state index contributed by atoms with van der Waals surface area (Å²) in [5, 5.41) is 7.43. The molecule has 0 radical (unpaired) electrons. The zero-order valence-electron chi connectivity index (χ0n) is 12.4. The fraction of sp³-hybridized carbons (Fsp3) is 0.471. The van der Waals surface area contributed by atoms with Gasteiger partial charge in [-0.2, -0.15) is 0 Å². The van der Waals surface area contributed by atoms with Crippen LogP contribution in [0.1, 0.15) is 38.0 Å². The Bertz CT molecular complexity index is 581. The monoisotopic (exact) mass is 286 g/mol. The lowest BCUT2D eigenvalue weighted by molar-refractivity contribution is -0.122. The Balaban J connectivity index is 1.54. The minimum atomic E-state index is -0.0911. The highest BCUT2D eigenvalue weighted by atomic mass is 16.3. The molecule has 3 rings (SSSR count). The molecule has 2 heterocycles. The van der Waals surface area contributed by atoms with Gasteiger partial charge in [0.05, 0.1) is 6.04 Å². The first-order valence-corrected chi connectivity index (χ1v) is 7.71. The lowest BCUT2D eigenvalue weighted by Gasteiger charge is -2.12. The van der Waals surface area contributed by atoms with Gasteiger partial charge in [-0.25, -0.2) is 0 Å². The summed E-state index contributed by atoms with van der Waals surface area (Å²) in [7, 11) is 0. The van der Waals surface area contributed by atoms with Crippen LogP contribution in [0.3, 0.4) is 0 Å². The van der Waals surface area contributed by atoms with Crippen molar-refractivity contribution in [3.8, 4) is 0 Å². The van der Waals surface area contributed by atoms with Crippen LogP contribution >= 0.6 is 0 Å². The van der Waals surface area contributed by atoms with Gasteiger partial charge in [0.15, 0.2) is 0 Å². The number of carbonyl (C=O) groups is 1. The first kappa shape index (κ1) is 14.1. The molecule has 0 aliphatic carbocycles. The maximum absolute atomic E-state index is 12.0. The average molecular weight is 286 g/mol. The Morgan fingerprint density at radius 3 is 3.10 bits per heavy atom. The van der Waals surface area contributed by atoms with Gasteiger partial charge >= 0.3 is 0 Å². The number of furan rings is 1. The topological polar surface area (TPSA) is 54.3 Å². The van der Waals surface area contributed by atoms with Crippen LogP contribution in [0.4, 0.5) is 0 Å². The fourth-order valence-electron chi connectivity index (χ4n) is 2.90. The molecule has 2 aromatic rings. The van der Waals surface area contributed by atoms with Gasteiger partial charge in [0.2, 0.25) is 5.91 Å². The molecule has 2 N–H and O–H groups in total. The van der Waals surface area contributed by atoms with Crippen LogP contribution in [0.5, 0.6) is 0 Å². The zero-order valence-corrected chi connectivity index (χ0v) is 12.4. The van der Waals surface area contributed by atoms with Gasteiger partial charge in [-0.1, -0.05) is 18.2 Å². The van der Waals surface area contributed by atoms with Crippen molar-refractivity contribution in [2.45, 2.75) is 32.2 Å². The number of hydrogen-bond acceptors (Lipinski definition) is 3. The van der Waals surface area contributed by atoms with Crippen molar-refractivity contribution >= 4 is 16.9 Å². The molecule has 1 saturated heterocycles. The molecule has 21 heavy (non-hydrogen) atoms. The van der Waals surface area contributed by atoms with Crippen molar-refractivity contribution in [3.63, 3.8) is 0 Å². The number of rotatable bonds is 5. The van der Waals surface area contributed by atoms with E-state index in [9.17, 15) is 4.79 Å². The fourth-order valence-corrected chi connectivity index (χ4v) is 2.90. The van der Waals surface area contributed by atoms with Crippen LogP contribution in [-0.2, 0) is 4.79 Å². The number of amides is 1. The van der Waals surface area contributed by atoms with Crippen molar-refractivity contribution in [3.05, 3.63) is 36.1 Å². The van der Waals surface area contributed by atoms with Gasteiger partial charge < -0.3 is 15.1 Å². The molecule has 0 spiro atoms. The van der Waals surface area contributed by atoms with Crippen LogP contribution in [0, 0.1) is 5.92 Å². The maximum atomic E-state index is 12.0. The molecule has 1 aromatic carbocycles. The van der Waals surface area contributed by atoms with E-state index in [0.29, 0.717) is 12.3 Å². The zero-order chi connectivity index (χ0) is 14.7.